The van der Waals surface area contributed by atoms with Gasteiger partial charge in [-0.25, -0.2) is 0 Å². The second-order valence-electron chi connectivity index (χ2n) is 7.38. The van der Waals surface area contributed by atoms with E-state index in [0.717, 1.165) is 63.0 Å². The lowest BCUT2D eigenvalue weighted by atomic mass is 9.84. The highest BCUT2D eigenvalue weighted by molar-refractivity contribution is 5.72. The van der Waals surface area contributed by atoms with E-state index in [1.165, 1.54) is 13.3 Å². The van der Waals surface area contributed by atoms with Gasteiger partial charge < -0.3 is 10.4 Å². The lowest BCUT2D eigenvalue weighted by molar-refractivity contribution is -0.119. The summed E-state index contributed by atoms with van der Waals surface area (Å²) in [5.41, 5.74) is 1.44. The van der Waals surface area contributed by atoms with Crippen LogP contribution in [0.15, 0.2) is 18.2 Å². The predicted octanol–water partition coefficient (Wildman–Crippen LogP) is 2.55. The molecule has 2 N–H and O–H groups in total. The average Bonchev–Trinajstić information content (AvgIpc) is 3.01. The van der Waals surface area contributed by atoms with Gasteiger partial charge in [0, 0.05) is 13.5 Å². The van der Waals surface area contributed by atoms with Gasteiger partial charge >= 0.3 is 0 Å². The van der Waals surface area contributed by atoms with Crippen LogP contribution < -0.4 is 5.32 Å². The molecular formula is C19H29N3O2. The molecule has 3 rings (SSSR count). The first kappa shape index (κ1) is 17.4. The van der Waals surface area contributed by atoms with Crippen LogP contribution in [-0.2, 0) is 11.3 Å². The number of hydrogen-bond acceptors (Lipinski definition) is 4. The number of aromatic nitrogens is 1. The maximum atomic E-state index is 11.1. The fraction of sp³-hybridized carbons (Fsp3) is 0.684. The first-order valence-electron chi connectivity index (χ1n) is 9.22. The molecule has 24 heavy (non-hydrogen) atoms. The largest absolute Gasteiger partial charge is 0.389 e. The van der Waals surface area contributed by atoms with E-state index in [1.807, 2.05) is 12.1 Å². The number of likely N-dealkylation sites (tertiary alicyclic amines) is 1. The van der Waals surface area contributed by atoms with Crippen molar-refractivity contribution in [1.82, 2.24) is 15.2 Å². The molecule has 1 aromatic heterocycles. The number of amides is 1. The summed E-state index contributed by atoms with van der Waals surface area (Å²) in [4.78, 5) is 18.3. The van der Waals surface area contributed by atoms with Crippen molar-refractivity contribution in [3.8, 4) is 0 Å². The molecule has 1 aliphatic heterocycles. The van der Waals surface area contributed by atoms with Crippen molar-refractivity contribution in [2.45, 2.75) is 70.1 Å². The van der Waals surface area contributed by atoms with E-state index in [-0.39, 0.29) is 11.9 Å². The van der Waals surface area contributed by atoms with Gasteiger partial charge in [-0.2, -0.15) is 0 Å². The first-order valence-corrected chi connectivity index (χ1v) is 9.22. The molecule has 2 aliphatic rings. The van der Waals surface area contributed by atoms with Crippen LogP contribution in [0.25, 0.3) is 0 Å². The second kappa shape index (κ2) is 7.62. The van der Waals surface area contributed by atoms with Crippen LogP contribution in [0.1, 0.15) is 69.3 Å². The molecule has 0 aromatic carbocycles. The molecule has 2 fully saturated rings. The molecule has 0 radical (unpaired) electrons. The highest BCUT2D eigenvalue weighted by Crippen LogP contribution is 2.36. The summed E-state index contributed by atoms with van der Waals surface area (Å²) in [6.07, 6.45) is 7.61. The topological polar surface area (TPSA) is 65.5 Å². The molecule has 1 saturated carbocycles. The summed E-state index contributed by atoms with van der Waals surface area (Å²) < 4.78 is 0. The molecule has 5 heteroatoms. The maximum Gasteiger partial charge on any atom is 0.217 e. The van der Waals surface area contributed by atoms with Gasteiger partial charge in [-0.1, -0.05) is 25.3 Å². The van der Waals surface area contributed by atoms with Gasteiger partial charge in [0.15, 0.2) is 0 Å². The summed E-state index contributed by atoms with van der Waals surface area (Å²) in [6.45, 7) is 3.78. The van der Waals surface area contributed by atoms with Crippen molar-refractivity contribution in [1.29, 1.82) is 0 Å². The summed E-state index contributed by atoms with van der Waals surface area (Å²) in [5, 5.41) is 13.7. The van der Waals surface area contributed by atoms with Crippen LogP contribution in [0.2, 0.25) is 0 Å². The normalized spacial score (nSPS) is 24.0. The fourth-order valence-electron chi connectivity index (χ4n) is 4.09. The molecule has 5 nitrogen and oxygen atoms in total. The summed E-state index contributed by atoms with van der Waals surface area (Å²) in [5.74, 6) is -0.0378. The Kier molecular flexibility index (Phi) is 5.51. The lowest BCUT2D eigenvalue weighted by Crippen LogP contribution is -2.44. The van der Waals surface area contributed by atoms with Crippen LogP contribution in [0.4, 0.5) is 0 Å². The molecule has 0 bridgehead atoms. The number of β-amino-alcohol motifs (C(OH)–C–C–N with tert-alkyl or cyclic N) is 1. The summed E-state index contributed by atoms with van der Waals surface area (Å²) in [7, 11) is 0. The van der Waals surface area contributed by atoms with E-state index in [0.29, 0.717) is 6.54 Å². The smallest absolute Gasteiger partial charge is 0.217 e. The first-order chi connectivity index (χ1) is 11.6. The van der Waals surface area contributed by atoms with Crippen molar-refractivity contribution in [3.63, 3.8) is 0 Å². The zero-order valence-corrected chi connectivity index (χ0v) is 14.6. The van der Waals surface area contributed by atoms with Gasteiger partial charge in [-0.15, -0.1) is 0 Å². The number of nitrogens with one attached hydrogen (secondary N) is 1. The van der Waals surface area contributed by atoms with Crippen LogP contribution in [0.3, 0.4) is 0 Å². The fourth-order valence-corrected chi connectivity index (χ4v) is 4.09. The Balaban J connectivity index is 1.68. The highest BCUT2D eigenvalue weighted by Gasteiger charge is 2.36. The number of pyridine rings is 1. The quantitative estimate of drug-likeness (QED) is 0.870. The number of nitrogens with zero attached hydrogens (tertiary/aromatic N) is 2. The SMILES string of the molecule is CC(=O)NCc1cccc(C2CCCN2CC2(O)CCCCC2)n1. The van der Waals surface area contributed by atoms with E-state index in [1.54, 1.807) is 0 Å². The molecule has 2 heterocycles. The minimum atomic E-state index is -0.519. The van der Waals surface area contributed by atoms with Crippen LogP contribution in [0.5, 0.6) is 0 Å². The van der Waals surface area contributed by atoms with Gasteiger partial charge in [0.25, 0.3) is 0 Å². The Morgan fingerprint density at radius 2 is 2.12 bits per heavy atom. The van der Waals surface area contributed by atoms with Crippen LogP contribution in [0, 0.1) is 0 Å². The highest BCUT2D eigenvalue weighted by atomic mass is 16.3. The molecule has 1 atom stereocenters. The van der Waals surface area contributed by atoms with Crippen molar-refractivity contribution < 1.29 is 9.90 Å². The third-order valence-electron chi connectivity index (χ3n) is 5.33. The monoisotopic (exact) mass is 331 g/mol. The maximum absolute atomic E-state index is 11.1. The Bertz CT molecular complexity index is 569. The molecule has 1 saturated heterocycles. The lowest BCUT2D eigenvalue weighted by Gasteiger charge is -2.37. The average molecular weight is 331 g/mol. The molecule has 1 aromatic rings. The van der Waals surface area contributed by atoms with E-state index in [4.69, 9.17) is 4.98 Å². The van der Waals surface area contributed by atoms with Crippen molar-refractivity contribution in [3.05, 3.63) is 29.6 Å². The Morgan fingerprint density at radius 3 is 2.88 bits per heavy atom. The van der Waals surface area contributed by atoms with Crippen molar-refractivity contribution in [2.24, 2.45) is 0 Å². The van der Waals surface area contributed by atoms with Crippen LogP contribution in [-0.4, -0.2) is 39.6 Å². The third kappa shape index (κ3) is 4.33. The minimum absolute atomic E-state index is 0.0378. The molecule has 132 valence electrons. The molecule has 0 spiro atoms. The van der Waals surface area contributed by atoms with E-state index < -0.39 is 5.60 Å². The van der Waals surface area contributed by atoms with Crippen molar-refractivity contribution >= 4 is 5.91 Å². The number of carbonyl (C=O) groups excluding carboxylic acids is 1. The molecular weight excluding hydrogens is 302 g/mol. The summed E-state index contributed by atoms with van der Waals surface area (Å²) in [6, 6.07) is 6.33. The molecule has 1 unspecified atom stereocenters. The van der Waals surface area contributed by atoms with E-state index >= 15 is 0 Å². The molecule has 1 aliphatic carbocycles. The number of rotatable bonds is 5. The van der Waals surface area contributed by atoms with Gasteiger partial charge in [0.05, 0.1) is 29.6 Å². The van der Waals surface area contributed by atoms with Crippen LogP contribution >= 0.6 is 0 Å². The van der Waals surface area contributed by atoms with Gasteiger partial charge in [-0.05, 0) is 44.4 Å². The minimum Gasteiger partial charge on any atom is -0.389 e. The second-order valence-corrected chi connectivity index (χ2v) is 7.38. The van der Waals surface area contributed by atoms with Gasteiger partial charge in [-0.3, -0.25) is 14.7 Å². The van der Waals surface area contributed by atoms with Crippen molar-refractivity contribution in [2.75, 3.05) is 13.1 Å². The van der Waals surface area contributed by atoms with E-state index in [9.17, 15) is 9.90 Å². The third-order valence-corrected chi connectivity index (χ3v) is 5.33. The van der Waals surface area contributed by atoms with Gasteiger partial charge in [0.1, 0.15) is 0 Å². The Morgan fingerprint density at radius 1 is 1.33 bits per heavy atom. The molecule has 1 amide bonds. The zero-order valence-electron chi connectivity index (χ0n) is 14.6. The zero-order chi connectivity index (χ0) is 17.0. The number of carbonyl (C=O) groups is 1. The summed E-state index contributed by atoms with van der Waals surface area (Å²) >= 11 is 0. The number of aliphatic hydroxyl groups is 1. The van der Waals surface area contributed by atoms with E-state index in [2.05, 4.69) is 16.3 Å². The Labute approximate surface area is 144 Å². The van der Waals surface area contributed by atoms with Gasteiger partial charge in [0.2, 0.25) is 5.91 Å². The standard InChI is InChI=1S/C19H29N3O2/c1-15(23)20-13-16-7-5-8-17(21-16)18-9-6-12-22(18)14-19(24)10-3-2-4-11-19/h5,7-8,18,24H,2-4,6,9-14H2,1H3,(H,20,23). The predicted molar refractivity (Wildman–Crippen MR) is 93.3 cm³/mol. The number of hydrogen-bond donors (Lipinski definition) is 2. The Hall–Kier alpha value is -1.46.